The highest BCUT2D eigenvalue weighted by Gasteiger charge is 2.32. The molecule has 0 spiro atoms. The average molecular weight is 298 g/mol. The molecule has 0 heterocycles. The highest BCUT2D eigenvalue weighted by atomic mass is 35.5. The van der Waals surface area contributed by atoms with Gasteiger partial charge in [0.05, 0.1) is 5.60 Å². The topological polar surface area (TPSA) is 41.5 Å². The van der Waals surface area contributed by atoms with Gasteiger partial charge in [-0.1, -0.05) is 31.4 Å². The Hall–Kier alpha value is -0.770. The van der Waals surface area contributed by atoms with E-state index in [1.54, 1.807) is 0 Å². The van der Waals surface area contributed by atoms with E-state index in [4.69, 9.17) is 16.3 Å². The standard InChI is InChI=1S/C16H24ClNO2/c1-2-9-18-11-13-10-14(17)5-6-15(13)20-12-16(19)7-3-4-8-16/h5-6,10,18-19H,2-4,7-9,11-12H2,1H3. The molecular formula is C16H24ClNO2. The van der Waals surface area contributed by atoms with E-state index in [0.29, 0.717) is 11.6 Å². The predicted molar refractivity (Wildman–Crippen MR) is 82.4 cm³/mol. The van der Waals surface area contributed by atoms with Gasteiger partial charge >= 0.3 is 0 Å². The second-order valence-corrected chi connectivity index (χ2v) is 6.09. The fourth-order valence-corrected chi connectivity index (χ4v) is 2.81. The van der Waals surface area contributed by atoms with Gasteiger partial charge in [-0.25, -0.2) is 0 Å². The van der Waals surface area contributed by atoms with Crippen LogP contribution in [0.3, 0.4) is 0 Å². The number of hydrogen-bond acceptors (Lipinski definition) is 3. The zero-order valence-electron chi connectivity index (χ0n) is 12.1. The third-order valence-corrected chi connectivity index (χ3v) is 4.03. The van der Waals surface area contributed by atoms with Crippen LogP contribution in [0.1, 0.15) is 44.6 Å². The maximum absolute atomic E-state index is 10.3. The van der Waals surface area contributed by atoms with Crippen LogP contribution < -0.4 is 10.1 Å². The first kappa shape index (κ1) is 15.6. The minimum absolute atomic E-state index is 0.370. The lowest BCUT2D eigenvalue weighted by molar-refractivity contribution is 0.00111. The summed E-state index contributed by atoms with van der Waals surface area (Å²) in [6.07, 6.45) is 4.95. The number of benzene rings is 1. The summed E-state index contributed by atoms with van der Waals surface area (Å²) in [6.45, 7) is 4.21. The normalized spacial score (nSPS) is 17.4. The van der Waals surface area contributed by atoms with E-state index in [0.717, 1.165) is 56.5 Å². The van der Waals surface area contributed by atoms with Gasteiger partial charge < -0.3 is 15.2 Å². The molecule has 1 aromatic rings. The Morgan fingerprint density at radius 1 is 1.35 bits per heavy atom. The van der Waals surface area contributed by atoms with Crippen molar-refractivity contribution >= 4 is 11.6 Å². The van der Waals surface area contributed by atoms with Crippen molar-refractivity contribution in [3.05, 3.63) is 28.8 Å². The van der Waals surface area contributed by atoms with Crippen molar-refractivity contribution in [3.8, 4) is 5.75 Å². The minimum Gasteiger partial charge on any atom is -0.490 e. The van der Waals surface area contributed by atoms with Gasteiger partial charge in [0.2, 0.25) is 0 Å². The fourth-order valence-electron chi connectivity index (χ4n) is 2.62. The molecule has 0 amide bonds. The maximum Gasteiger partial charge on any atom is 0.124 e. The van der Waals surface area contributed by atoms with E-state index in [1.165, 1.54) is 0 Å². The number of hydrogen-bond donors (Lipinski definition) is 2. The third kappa shape index (κ3) is 4.37. The Labute approximate surface area is 126 Å². The average Bonchev–Trinajstić information content (AvgIpc) is 2.85. The van der Waals surface area contributed by atoms with Crippen LogP contribution in [0, 0.1) is 0 Å². The van der Waals surface area contributed by atoms with Gasteiger partial charge in [-0.15, -0.1) is 0 Å². The molecule has 1 aliphatic rings. The number of halogens is 1. The SMILES string of the molecule is CCCNCc1cc(Cl)ccc1OCC1(O)CCCC1. The van der Waals surface area contributed by atoms with E-state index in [9.17, 15) is 5.11 Å². The molecule has 4 heteroatoms. The second-order valence-electron chi connectivity index (χ2n) is 5.65. The van der Waals surface area contributed by atoms with Gasteiger partial charge in [0.15, 0.2) is 0 Å². The van der Waals surface area contributed by atoms with E-state index < -0.39 is 5.60 Å². The van der Waals surface area contributed by atoms with Crippen LogP contribution in [-0.4, -0.2) is 23.9 Å². The molecule has 1 aromatic carbocycles. The molecule has 0 unspecified atom stereocenters. The minimum atomic E-state index is -0.645. The first-order chi connectivity index (χ1) is 9.63. The quantitative estimate of drug-likeness (QED) is 0.757. The van der Waals surface area contributed by atoms with Crippen LogP contribution in [0.15, 0.2) is 18.2 Å². The molecule has 1 fully saturated rings. The fraction of sp³-hybridized carbons (Fsp3) is 0.625. The Bertz CT molecular complexity index is 430. The van der Waals surface area contributed by atoms with E-state index in [-0.39, 0.29) is 0 Å². The second kappa shape index (κ2) is 7.30. The summed E-state index contributed by atoms with van der Waals surface area (Å²) in [5.41, 5.74) is 0.404. The summed E-state index contributed by atoms with van der Waals surface area (Å²) in [7, 11) is 0. The molecule has 1 aliphatic carbocycles. The summed E-state index contributed by atoms with van der Waals surface area (Å²) >= 11 is 6.05. The first-order valence-electron chi connectivity index (χ1n) is 7.47. The van der Waals surface area contributed by atoms with Crippen LogP contribution in [0.4, 0.5) is 0 Å². The highest BCUT2D eigenvalue weighted by Crippen LogP contribution is 2.31. The molecule has 20 heavy (non-hydrogen) atoms. The summed E-state index contributed by atoms with van der Waals surface area (Å²) in [6, 6.07) is 5.65. The maximum atomic E-state index is 10.3. The van der Waals surface area contributed by atoms with Crippen molar-refractivity contribution in [1.82, 2.24) is 5.32 Å². The molecule has 0 atom stereocenters. The van der Waals surface area contributed by atoms with Gasteiger partial charge in [0.25, 0.3) is 0 Å². The van der Waals surface area contributed by atoms with Gasteiger partial charge in [0, 0.05) is 17.1 Å². The number of rotatable bonds is 7. The largest absolute Gasteiger partial charge is 0.490 e. The van der Waals surface area contributed by atoms with Crippen LogP contribution >= 0.6 is 11.6 Å². The number of nitrogens with one attached hydrogen (secondary N) is 1. The molecule has 0 aromatic heterocycles. The van der Waals surface area contributed by atoms with Crippen molar-refractivity contribution in [3.63, 3.8) is 0 Å². The van der Waals surface area contributed by atoms with Crippen molar-refractivity contribution < 1.29 is 9.84 Å². The number of aliphatic hydroxyl groups is 1. The number of ether oxygens (including phenoxy) is 1. The molecule has 112 valence electrons. The predicted octanol–water partition coefficient (Wildman–Crippen LogP) is 3.52. The van der Waals surface area contributed by atoms with Crippen molar-refractivity contribution in [1.29, 1.82) is 0 Å². The molecule has 3 nitrogen and oxygen atoms in total. The van der Waals surface area contributed by atoms with E-state index in [1.807, 2.05) is 18.2 Å². The van der Waals surface area contributed by atoms with Gasteiger partial charge in [-0.05, 0) is 44.0 Å². The molecular weight excluding hydrogens is 274 g/mol. The monoisotopic (exact) mass is 297 g/mol. The van der Waals surface area contributed by atoms with Crippen molar-refractivity contribution in [2.24, 2.45) is 0 Å². The zero-order chi connectivity index (χ0) is 14.4. The summed E-state index contributed by atoms with van der Waals surface area (Å²) in [5.74, 6) is 0.818. The van der Waals surface area contributed by atoms with Crippen molar-refractivity contribution in [2.75, 3.05) is 13.2 Å². The first-order valence-corrected chi connectivity index (χ1v) is 7.85. The zero-order valence-corrected chi connectivity index (χ0v) is 12.9. The lowest BCUT2D eigenvalue weighted by atomic mass is 10.0. The smallest absolute Gasteiger partial charge is 0.124 e. The summed E-state index contributed by atoms with van der Waals surface area (Å²) in [5, 5.41) is 14.4. The van der Waals surface area contributed by atoms with Gasteiger partial charge in [0.1, 0.15) is 12.4 Å². The molecule has 0 saturated heterocycles. The van der Waals surface area contributed by atoms with Crippen LogP contribution in [0.25, 0.3) is 0 Å². The van der Waals surface area contributed by atoms with Crippen LogP contribution in [0.5, 0.6) is 5.75 Å². The van der Waals surface area contributed by atoms with Gasteiger partial charge in [-0.2, -0.15) is 0 Å². The third-order valence-electron chi connectivity index (χ3n) is 3.80. The van der Waals surface area contributed by atoms with E-state index in [2.05, 4.69) is 12.2 Å². The molecule has 0 radical (unpaired) electrons. The molecule has 2 N–H and O–H groups in total. The summed E-state index contributed by atoms with van der Waals surface area (Å²) < 4.78 is 5.86. The van der Waals surface area contributed by atoms with E-state index >= 15 is 0 Å². The highest BCUT2D eigenvalue weighted by molar-refractivity contribution is 6.30. The van der Waals surface area contributed by atoms with Crippen LogP contribution in [-0.2, 0) is 6.54 Å². The Morgan fingerprint density at radius 3 is 2.80 bits per heavy atom. The summed E-state index contributed by atoms with van der Waals surface area (Å²) in [4.78, 5) is 0. The van der Waals surface area contributed by atoms with Crippen molar-refractivity contribution in [2.45, 2.75) is 51.2 Å². The molecule has 1 saturated carbocycles. The molecule has 2 rings (SSSR count). The lowest BCUT2D eigenvalue weighted by Crippen LogP contribution is -2.32. The van der Waals surface area contributed by atoms with Gasteiger partial charge in [-0.3, -0.25) is 0 Å². The van der Waals surface area contributed by atoms with Crippen LogP contribution in [0.2, 0.25) is 5.02 Å². The Kier molecular flexibility index (Phi) is 5.70. The molecule has 0 bridgehead atoms. The Morgan fingerprint density at radius 2 is 2.10 bits per heavy atom. The molecule has 0 aliphatic heterocycles. The Balaban J connectivity index is 1.98. The lowest BCUT2D eigenvalue weighted by Gasteiger charge is -2.23.